The fourth-order valence-corrected chi connectivity index (χ4v) is 2.37. The van der Waals surface area contributed by atoms with Crippen molar-refractivity contribution in [1.29, 1.82) is 0 Å². The Balaban J connectivity index is 1.93. The number of benzene rings is 1. The van der Waals surface area contributed by atoms with Crippen molar-refractivity contribution in [2.45, 2.75) is 0 Å². The van der Waals surface area contributed by atoms with Gasteiger partial charge in [0.25, 0.3) is 0 Å². The summed E-state index contributed by atoms with van der Waals surface area (Å²) >= 11 is 0. The highest BCUT2D eigenvalue weighted by Gasteiger charge is 2.18. The third kappa shape index (κ3) is 2.04. The molecule has 1 aromatic heterocycles. The van der Waals surface area contributed by atoms with Crippen molar-refractivity contribution < 1.29 is 4.74 Å². The summed E-state index contributed by atoms with van der Waals surface area (Å²) in [7, 11) is 4.21. The molecule has 0 radical (unpaired) electrons. The first kappa shape index (κ1) is 11.4. The van der Waals surface area contributed by atoms with E-state index < -0.39 is 0 Å². The largest absolute Gasteiger partial charge is 0.490 e. The van der Waals surface area contributed by atoms with Gasteiger partial charge in [0.1, 0.15) is 12.4 Å². The van der Waals surface area contributed by atoms with Crippen LogP contribution in [0.5, 0.6) is 5.75 Å². The second-order valence-electron chi connectivity index (χ2n) is 5.02. The average Bonchev–Trinajstić information content (AvgIpc) is 2.80. The molecule has 0 aliphatic carbocycles. The van der Waals surface area contributed by atoms with E-state index in [9.17, 15) is 0 Å². The van der Waals surface area contributed by atoms with Gasteiger partial charge in [-0.2, -0.15) is 0 Å². The molecule has 0 saturated carbocycles. The van der Waals surface area contributed by atoms with Gasteiger partial charge in [0, 0.05) is 30.2 Å². The number of aromatic amines is 1. The summed E-state index contributed by atoms with van der Waals surface area (Å²) in [4.78, 5) is 7.87. The lowest BCUT2D eigenvalue weighted by molar-refractivity contribution is 0.303. The molecule has 4 heteroatoms. The van der Waals surface area contributed by atoms with Crippen LogP contribution in [0.3, 0.4) is 0 Å². The molecule has 1 aliphatic heterocycles. The lowest BCUT2D eigenvalue weighted by Gasteiger charge is -2.32. The van der Waals surface area contributed by atoms with Gasteiger partial charge in [-0.1, -0.05) is 0 Å². The molecule has 0 fully saturated rings. The van der Waals surface area contributed by atoms with Crippen molar-refractivity contribution in [3.8, 4) is 5.75 Å². The van der Waals surface area contributed by atoms with Crippen LogP contribution in [0, 0.1) is 0 Å². The molecule has 0 bridgehead atoms. The SMILES string of the molecule is CN(C)CCN1CCOc2cc3cc[nH]c3cc21. The van der Waals surface area contributed by atoms with E-state index in [0.29, 0.717) is 0 Å². The van der Waals surface area contributed by atoms with Crippen LogP contribution in [0.4, 0.5) is 5.69 Å². The molecule has 1 N–H and O–H groups in total. The van der Waals surface area contributed by atoms with Gasteiger partial charge in [-0.25, -0.2) is 0 Å². The lowest BCUT2D eigenvalue weighted by Crippen LogP contribution is -2.37. The summed E-state index contributed by atoms with van der Waals surface area (Å²) in [6.07, 6.45) is 1.97. The Kier molecular flexibility index (Phi) is 2.88. The van der Waals surface area contributed by atoms with Crippen molar-refractivity contribution in [1.82, 2.24) is 9.88 Å². The van der Waals surface area contributed by atoms with Gasteiger partial charge in [-0.3, -0.25) is 0 Å². The highest BCUT2D eigenvalue weighted by Crippen LogP contribution is 2.35. The Hall–Kier alpha value is -1.68. The predicted molar refractivity (Wildman–Crippen MR) is 74.6 cm³/mol. The summed E-state index contributed by atoms with van der Waals surface area (Å²) in [6.45, 7) is 3.83. The maximum Gasteiger partial charge on any atom is 0.143 e. The molecule has 18 heavy (non-hydrogen) atoms. The molecule has 0 atom stereocenters. The summed E-state index contributed by atoms with van der Waals surface area (Å²) in [5, 5.41) is 1.21. The zero-order valence-corrected chi connectivity index (χ0v) is 10.9. The zero-order valence-electron chi connectivity index (χ0n) is 10.9. The van der Waals surface area contributed by atoms with Crippen LogP contribution in [0.15, 0.2) is 24.4 Å². The molecule has 0 amide bonds. The van der Waals surface area contributed by atoms with E-state index in [0.717, 1.165) is 32.0 Å². The van der Waals surface area contributed by atoms with Gasteiger partial charge < -0.3 is 19.5 Å². The van der Waals surface area contributed by atoms with Gasteiger partial charge in [-0.15, -0.1) is 0 Å². The number of nitrogens with zero attached hydrogens (tertiary/aromatic N) is 2. The number of rotatable bonds is 3. The van der Waals surface area contributed by atoms with Crippen LogP contribution >= 0.6 is 0 Å². The van der Waals surface area contributed by atoms with E-state index in [1.165, 1.54) is 16.6 Å². The smallest absolute Gasteiger partial charge is 0.143 e. The summed E-state index contributed by atoms with van der Waals surface area (Å²) in [6, 6.07) is 6.40. The van der Waals surface area contributed by atoms with Crippen LogP contribution < -0.4 is 9.64 Å². The second kappa shape index (κ2) is 4.53. The number of nitrogens with one attached hydrogen (secondary N) is 1. The van der Waals surface area contributed by atoms with Crippen molar-refractivity contribution in [2.75, 3.05) is 45.2 Å². The summed E-state index contributed by atoms with van der Waals surface area (Å²) in [5.41, 5.74) is 2.38. The first-order chi connectivity index (χ1) is 8.74. The quantitative estimate of drug-likeness (QED) is 0.896. The first-order valence-corrected chi connectivity index (χ1v) is 6.37. The van der Waals surface area contributed by atoms with Crippen LogP contribution in [-0.2, 0) is 0 Å². The molecule has 0 unspecified atom stereocenters. The second-order valence-corrected chi connectivity index (χ2v) is 5.02. The summed E-state index contributed by atoms with van der Waals surface area (Å²) in [5.74, 6) is 1.01. The van der Waals surface area contributed by atoms with Crippen LogP contribution in [-0.4, -0.2) is 50.2 Å². The predicted octanol–water partition coefficient (Wildman–Crippen LogP) is 1.93. The number of fused-ring (bicyclic) bond motifs is 2. The van der Waals surface area contributed by atoms with Gasteiger partial charge in [0.15, 0.2) is 0 Å². The Morgan fingerprint density at radius 3 is 3.11 bits per heavy atom. The summed E-state index contributed by atoms with van der Waals surface area (Å²) < 4.78 is 5.77. The zero-order chi connectivity index (χ0) is 12.5. The molecular weight excluding hydrogens is 226 g/mol. The topological polar surface area (TPSA) is 31.5 Å². The number of likely N-dealkylation sites (N-methyl/N-ethyl adjacent to an activating group) is 1. The highest BCUT2D eigenvalue weighted by atomic mass is 16.5. The standard InChI is InChI=1S/C14H19N3O/c1-16(2)5-6-17-7-8-18-14-9-11-3-4-15-12(11)10-13(14)17/h3-4,9-10,15H,5-8H2,1-2H3. The monoisotopic (exact) mass is 245 g/mol. The normalized spacial score (nSPS) is 14.9. The number of hydrogen-bond acceptors (Lipinski definition) is 3. The molecule has 0 saturated heterocycles. The molecule has 0 spiro atoms. The van der Waals surface area contributed by atoms with Crippen LogP contribution in [0.25, 0.3) is 10.9 Å². The molecule has 4 nitrogen and oxygen atoms in total. The highest BCUT2D eigenvalue weighted by molar-refractivity contribution is 5.86. The van der Waals surface area contributed by atoms with E-state index in [2.05, 4.69) is 47.1 Å². The Labute approximate surface area is 107 Å². The Morgan fingerprint density at radius 2 is 2.28 bits per heavy atom. The number of anilines is 1. The van der Waals surface area contributed by atoms with Gasteiger partial charge in [0.2, 0.25) is 0 Å². The average molecular weight is 245 g/mol. The number of aromatic nitrogens is 1. The van der Waals surface area contributed by atoms with Crippen LogP contribution in [0.1, 0.15) is 0 Å². The number of H-pyrrole nitrogens is 1. The van der Waals surface area contributed by atoms with Gasteiger partial charge in [-0.05, 0) is 32.3 Å². The van der Waals surface area contributed by atoms with Crippen molar-refractivity contribution >= 4 is 16.6 Å². The molecule has 1 aliphatic rings. The Bertz CT molecular complexity index is 547. The first-order valence-electron chi connectivity index (χ1n) is 6.37. The molecule has 2 heterocycles. The van der Waals surface area contributed by atoms with E-state index in [1.54, 1.807) is 0 Å². The third-order valence-electron chi connectivity index (χ3n) is 3.41. The minimum atomic E-state index is 0.774. The van der Waals surface area contributed by atoms with E-state index in [-0.39, 0.29) is 0 Å². The van der Waals surface area contributed by atoms with Crippen molar-refractivity contribution in [3.63, 3.8) is 0 Å². The van der Waals surface area contributed by atoms with E-state index in [4.69, 9.17) is 4.74 Å². The van der Waals surface area contributed by atoms with E-state index in [1.807, 2.05) is 6.20 Å². The minimum Gasteiger partial charge on any atom is -0.490 e. The van der Waals surface area contributed by atoms with E-state index >= 15 is 0 Å². The number of ether oxygens (including phenoxy) is 1. The fourth-order valence-electron chi connectivity index (χ4n) is 2.37. The number of hydrogen-bond donors (Lipinski definition) is 1. The Morgan fingerprint density at radius 1 is 1.39 bits per heavy atom. The molecule has 1 aromatic carbocycles. The van der Waals surface area contributed by atoms with Crippen LogP contribution in [0.2, 0.25) is 0 Å². The molecule has 2 aromatic rings. The maximum absolute atomic E-state index is 5.77. The molecular formula is C14H19N3O. The van der Waals surface area contributed by atoms with Crippen molar-refractivity contribution in [3.05, 3.63) is 24.4 Å². The van der Waals surface area contributed by atoms with Gasteiger partial charge in [0.05, 0.1) is 12.2 Å². The van der Waals surface area contributed by atoms with Gasteiger partial charge >= 0.3 is 0 Å². The minimum absolute atomic E-state index is 0.774. The third-order valence-corrected chi connectivity index (χ3v) is 3.41. The molecule has 3 rings (SSSR count). The fraction of sp³-hybridized carbons (Fsp3) is 0.429. The molecule has 96 valence electrons. The van der Waals surface area contributed by atoms with Crippen molar-refractivity contribution in [2.24, 2.45) is 0 Å². The lowest BCUT2D eigenvalue weighted by atomic mass is 10.2. The maximum atomic E-state index is 5.77.